The maximum absolute atomic E-state index is 10.4. The molecule has 0 bridgehead atoms. The molecule has 1 unspecified atom stereocenters. The van der Waals surface area contributed by atoms with E-state index in [0.29, 0.717) is 13.0 Å². The highest BCUT2D eigenvalue weighted by Gasteiger charge is 2.24. The van der Waals surface area contributed by atoms with Gasteiger partial charge in [0.15, 0.2) is 5.85 Å². The molecule has 0 heterocycles. The highest BCUT2D eigenvalue weighted by atomic mass is 31.2. The summed E-state index contributed by atoms with van der Waals surface area (Å²) in [6.07, 6.45) is 2.37. The van der Waals surface area contributed by atoms with Crippen LogP contribution in [0.4, 0.5) is 0 Å². The zero-order valence-corrected chi connectivity index (χ0v) is 10.6. The summed E-state index contributed by atoms with van der Waals surface area (Å²) in [4.78, 5) is 31.3. The van der Waals surface area contributed by atoms with Crippen LogP contribution in [0.2, 0.25) is 0 Å². The molecule has 10 heteroatoms. The highest BCUT2D eigenvalue weighted by Crippen LogP contribution is 2.41. The number of nitrogens with two attached hydrogens (primary N) is 1. The monoisotopic (exact) mass is 279 g/mol. The first-order chi connectivity index (χ1) is 7.21. The standard InChI is InChI=1S/C6H16NO4P.H3O3P/c7-5-3-1-2-4-6(8)12(9,10)11;1-4(2)3/h6,8H,1-5,7H2,(H2,9,10,11);4H,(H2,1,2,3). The Labute approximate surface area is 94.2 Å². The molecule has 0 aromatic rings. The fourth-order valence-electron chi connectivity index (χ4n) is 0.816. The van der Waals surface area contributed by atoms with Crippen molar-refractivity contribution in [3.05, 3.63) is 0 Å². The van der Waals surface area contributed by atoms with Crippen molar-refractivity contribution < 1.29 is 33.8 Å². The molecule has 0 aliphatic carbocycles. The van der Waals surface area contributed by atoms with E-state index in [1.54, 1.807) is 0 Å². The van der Waals surface area contributed by atoms with Gasteiger partial charge in [0.25, 0.3) is 0 Å². The maximum Gasteiger partial charge on any atom is 0.353 e. The number of hydrogen-bond acceptors (Lipinski definition) is 4. The van der Waals surface area contributed by atoms with E-state index in [2.05, 4.69) is 0 Å². The lowest BCUT2D eigenvalue weighted by Gasteiger charge is -2.11. The third kappa shape index (κ3) is 16.6. The summed E-state index contributed by atoms with van der Waals surface area (Å²) in [6, 6.07) is 0. The molecule has 1 atom stereocenters. The quantitative estimate of drug-likeness (QED) is 0.276. The molecule has 8 nitrogen and oxygen atoms in total. The topological polar surface area (TPSA) is 161 Å². The Bertz CT molecular complexity index is 227. The molecule has 0 aromatic heterocycles. The smallest absolute Gasteiger partial charge is 0.353 e. The van der Waals surface area contributed by atoms with Gasteiger partial charge in [-0.05, 0) is 19.4 Å². The predicted molar refractivity (Wildman–Crippen MR) is 59.0 cm³/mol. The SMILES string of the molecule is NCCCCCC(O)P(=O)(O)O.O=[PH](O)O. The van der Waals surface area contributed by atoms with Gasteiger partial charge in [-0.1, -0.05) is 12.8 Å². The van der Waals surface area contributed by atoms with Crippen molar-refractivity contribution in [3.63, 3.8) is 0 Å². The summed E-state index contributed by atoms with van der Waals surface area (Å²) >= 11 is 0. The zero-order chi connectivity index (χ0) is 13.2. The van der Waals surface area contributed by atoms with Gasteiger partial charge in [0.05, 0.1) is 0 Å². The van der Waals surface area contributed by atoms with Crippen molar-refractivity contribution in [3.8, 4) is 0 Å². The lowest BCUT2D eigenvalue weighted by molar-refractivity contribution is 0.190. The molecule has 100 valence electrons. The number of unbranched alkanes of at least 4 members (excludes halogenated alkanes) is 2. The molecular weight excluding hydrogens is 260 g/mol. The van der Waals surface area contributed by atoms with E-state index in [-0.39, 0.29) is 6.42 Å². The molecule has 0 aliphatic heterocycles. The number of rotatable bonds is 6. The van der Waals surface area contributed by atoms with Gasteiger partial charge in [0.1, 0.15) is 0 Å². The van der Waals surface area contributed by atoms with Crippen LogP contribution >= 0.6 is 15.9 Å². The van der Waals surface area contributed by atoms with Crippen LogP contribution in [0.15, 0.2) is 0 Å². The molecular formula is C6H19NO7P2. The lowest BCUT2D eigenvalue weighted by atomic mass is 10.2. The second-order valence-corrected chi connectivity index (χ2v) is 5.33. The number of aliphatic hydroxyl groups is 1. The van der Waals surface area contributed by atoms with Crippen LogP contribution in [-0.2, 0) is 9.13 Å². The van der Waals surface area contributed by atoms with Gasteiger partial charge in [0, 0.05) is 0 Å². The average Bonchev–Trinajstić information content (AvgIpc) is 2.09. The summed E-state index contributed by atoms with van der Waals surface area (Å²) in [5.41, 5.74) is 5.22. The van der Waals surface area contributed by atoms with Crippen LogP contribution in [0.1, 0.15) is 25.7 Å². The van der Waals surface area contributed by atoms with Gasteiger partial charge in [-0.2, -0.15) is 0 Å². The second kappa shape index (κ2) is 10.4. The van der Waals surface area contributed by atoms with E-state index >= 15 is 0 Å². The third-order valence-corrected chi connectivity index (χ3v) is 2.59. The summed E-state index contributed by atoms with van der Waals surface area (Å²) in [7, 11) is -7.41. The van der Waals surface area contributed by atoms with Gasteiger partial charge in [0.2, 0.25) is 0 Å². The zero-order valence-electron chi connectivity index (χ0n) is 8.69. The van der Waals surface area contributed by atoms with Crippen LogP contribution in [0, 0.1) is 0 Å². The van der Waals surface area contributed by atoms with Crippen LogP contribution in [0.3, 0.4) is 0 Å². The first kappa shape index (κ1) is 18.6. The normalized spacial score (nSPS) is 13.2. The van der Waals surface area contributed by atoms with Crippen molar-refractivity contribution in [2.75, 3.05) is 6.54 Å². The molecule has 0 fully saturated rings. The molecule has 0 radical (unpaired) electrons. The molecule has 0 aromatic carbocycles. The summed E-state index contributed by atoms with van der Waals surface area (Å²) < 4.78 is 19.2. The van der Waals surface area contributed by atoms with Crippen molar-refractivity contribution in [1.82, 2.24) is 0 Å². The fourth-order valence-corrected chi connectivity index (χ4v) is 1.34. The van der Waals surface area contributed by atoms with Crippen molar-refractivity contribution >= 4 is 15.9 Å². The van der Waals surface area contributed by atoms with Crippen LogP contribution in [0.25, 0.3) is 0 Å². The predicted octanol–water partition coefficient (Wildman–Crippen LogP) is -0.638. The van der Waals surface area contributed by atoms with E-state index in [9.17, 15) is 4.57 Å². The Kier molecular flexibility index (Phi) is 12.1. The van der Waals surface area contributed by atoms with E-state index in [4.69, 9.17) is 35.0 Å². The molecule has 0 aliphatic rings. The summed E-state index contributed by atoms with van der Waals surface area (Å²) in [5.74, 6) is -1.50. The largest absolute Gasteiger partial charge is 0.380 e. The molecule has 0 saturated heterocycles. The minimum absolute atomic E-state index is 0.143. The minimum Gasteiger partial charge on any atom is -0.380 e. The average molecular weight is 279 g/mol. The Morgan fingerprint density at radius 1 is 1.19 bits per heavy atom. The number of hydrogen-bond donors (Lipinski definition) is 6. The molecule has 0 saturated carbocycles. The maximum atomic E-state index is 10.4. The van der Waals surface area contributed by atoms with Crippen molar-refractivity contribution in [2.24, 2.45) is 5.73 Å². The first-order valence-corrected chi connectivity index (χ1v) is 7.55. The minimum atomic E-state index is -4.28. The lowest BCUT2D eigenvalue weighted by Crippen LogP contribution is -2.07. The summed E-state index contributed by atoms with van der Waals surface area (Å²) in [5, 5.41) is 8.89. The van der Waals surface area contributed by atoms with Gasteiger partial charge < -0.3 is 30.4 Å². The Hall–Kier alpha value is 0.220. The van der Waals surface area contributed by atoms with E-state index in [1.165, 1.54) is 0 Å². The van der Waals surface area contributed by atoms with Crippen molar-refractivity contribution in [2.45, 2.75) is 31.5 Å². The Balaban J connectivity index is 0. The van der Waals surface area contributed by atoms with Gasteiger partial charge in [-0.15, -0.1) is 0 Å². The van der Waals surface area contributed by atoms with E-state index in [1.807, 2.05) is 0 Å². The van der Waals surface area contributed by atoms with Crippen LogP contribution < -0.4 is 5.73 Å². The fraction of sp³-hybridized carbons (Fsp3) is 1.00. The van der Waals surface area contributed by atoms with Crippen LogP contribution in [-0.4, -0.2) is 37.1 Å². The number of aliphatic hydroxyl groups excluding tert-OH is 1. The first-order valence-electron chi connectivity index (χ1n) is 4.57. The van der Waals surface area contributed by atoms with E-state index < -0.39 is 21.7 Å². The van der Waals surface area contributed by atoms with Gasteiger partial charge >= 0.3 is 15.9 Å². The molecule has 0 amide bonds. The molecule has 0 spiro atoms. The molecule has 7 N–H and O–H groups in total. The second-order valence-electron chi connectivity index (χ2n) is 2.99. The van der Waals surface area contributed by atoms with E-state index in [0.717, 1.165) is 12.8 Å². The highest BCUT2D eigenvalue weighted by molar-refractivity contribution is 7.52. The van der Waals surface area contributed by atoms with Crippen LogP contribution in [0.5, 0.6) is 0 Å². The van der Waals surface area contributed by atoms with Gasteiger partial charge in [-0.25, -0.2) is 0 Å². The third-order valence-electron chi connectivity index (χ3n) is 1.55. The molecule has 0 rings (SSSR count). The van der Waals surface area contributed by atoms with Crippen molar-refractivity contribution in [1.29, 1.82) is 0 Å². The summed E-state index contributed by atoms with van der Waals surface area (Å²) in [6.45, 7) is 0.575. The Morgan fingerprint density at radius 2 is 1.62 bits per heavy atom. The Morgan fingerprint density at radius 3 is 1.94 bits per heavy atom. The van der Waals surface area contributed by atoms with Gasteiger partial charge in [-0.3, -0.25) is 9.13 Å². The molecule has 16 heavy (non-hydrogen) atoms.